The summed E-state index contributed by atoms with van der Waals surface area (Å²) >= 11 is 0. The third-order valence-corrected chi connectivity index (χ3v) is 1.77. The molecule has 0 saturated carbocycles. The molecular weight excluding hydrogens is 793 g/mol. The smallest absolute Gasteiger partial charge is 1.00 e. The van der Waals surface area contributed by atoms with Gasteiger partial charge in [0.15, 0.2) is 0 Å². The van der Waals surface area contributed by atoms with E-state index in [9.17, 15) is 14.4 Å². The standard InChI is InChI=1S/C11H18O7.4Ba.8H/c1-3-5-7-15-9(12)17-11(14)18-10(13)16-8-6-4-2;;;;;;;;;;;;/h3-8H2,1-2H3;;;;;;;;;;;;/q;4*+2;8*-1. The molecule has 0 aromatic rings. The molecule has 0 aromatic heterocycles. The fraction of sp³-hybridized carbons (Fsp3) is 0.727. The molecule has 22 heavy (non-hydrogen) atoms. The summed E-state index contributed by atoms with van der Waals surface area (Å²) in [5.74, 6) is 0. The van der Waals surface area contributed by atoms with Crippen molar-refractivity contribution in [3.05, 3.63) is 0 Å². The van der Waals surface area contributed by atoms with Crippen molar-refractivity contribution in [2.24, 2.45) is 0 Å². The van der Waals surface area contributed by atoms with Gasteiger partial charge in [0.05, 0.1) is 13.2 Å². The molecule has 0 N–H and O–H groups in total. The third kappa shape index (κ3) is 26.7. The second-order valence-corrected chi connectivity index (χ2v) is 3.36. The minimum atomic E-state index is -1.46. The Bertz CT molecular complexity index is 289. The molecule has 0 aliphatic rings. The average molecular weight is 820 g/mol. The molecule has 0 atom stereocenters. The number of hydrogen-bond donors (Lipinski definition) is 0. The van der Waals surface area contributed by atoms with E-state index in [1.54, 1.807) is 0 Å². The summed E-state index contributed by atoms with van der Waals surface area (Å²) in [5.41, 5.74) is 0. The van der Waals surface area contributed by atoms with Crippen molar-refractivity contribution in [1.82, 2.24) is 0 Å². The zero-order chi connectivity index (χ0) is 13.8. The van der Waals surface area contributed by atoms with Gasteiger partial charge in [0.1, 0.15) is 0 Å². The molecule has 0 unspecified atom stereocenters. The molecule has 0 radical (unpaired) electrons. The molecule has 0 aromatic carbocycles. The fourth-order valence-corrected chi connectivity index (χ4v) is 0.816. The largest absolute Gasteiger partial charge is 2.00 e. The van der Waals surface area contributed by atoms with Crippen molar-refractivity contribution in [2.45, 2.75) is 39.5 Å². The Hall–Kier alpha value is 4.50. The van der Waals surface area contributed by atoms with Crippen molar-refractivity contribution < 1.29 is 44.7 Å². The van der Waals surface area contributed by atoms with Gasteiger partial charge in [-0.15, -0.1) is 0 Å². The van der Waals surface area contributed by atoms with E-state index in [-0.39, 0.29) is 220 Å². The van der Waals surface area contributed by atoms with Crippen LogP contribution >= 0.6 is 0 Å². The van der Waals surface area contributed by atoms with Gasteiger partial charge in [-0.3, -0.25) is 0 Å². The van der Waals surface area contributed by atoms with Crippen molar-refractivity contribution in [3.63, 3.8) is 0 Å². The van der Waals surface area contributed by atoms with E-state index in [0.717, 1.165) is 12.8 Å². The quantitative estimate of drug-likeness (QED) is 0.176. The average Bonchev–Trinajstić information content (AvgIpc) is 2.29. The summed E-state index contributed by atoms with van der Waals surface area (Å²) in [6.07, 6.45) is -0.877. The minimum absolute atomic E-state index is 0. The van der Waals surface area contributed by atoms with Crippen molar-refractivity contribution in [3.8, 4) is 0 Å². The summed E-state index contributed by atoms with van der Waals surface area (Å²) in [6, 6.07) is 0. The predicted octanol–water partition coefficient (Wildman–Crippen LogP) is 2.39. The molecular formula is C11H26Ba4O7. The van der Waals surface area contributed by atoms with Gasteiger partial charge < -0.3 is 30.4 Å². The van der Waals surface area contributed by atoms with Gasteiger partial charge in [-0.2, -0.15) is 0 Å². The van der Waals surface area contributed by atoms with Gasteiger partial charge >= 0.3 is 214 Å². The molecule has 0 aliphatic carbocycles. The molecule has 0 spiro atoms. The first-order chi connectivity index (χ1) is 8.60. The van der Waals surface area contributed by atoms with Gasteiger partial charge in [-0.25, -0.2) is 14.4 Å². The van der Waals surface area contributed by atoms with E-state index in [1.807, 2.05) is 13.8 Å². The van der Waals surface area contributed by atoms with Crippen LogP contribution in [0.1, 0.15) is 50.9 Å². The van der Waals surface area contributed by atoms with Crippen molar-refractivity contribution in [1.29, 1.82) is 0 Å². The molecule has 0 aliphatic heterocycles. The zero-order valence-corrected chi connectivity index (χ0v) is 31.2. The summed E-state index contributed by atoms with van der Waals surface area (Å²) in [4.78, 5) is 32.6. The van der Waals surface area contributed by atoms with E-state index in [4.69, 9.17) is 0 Å². The maximum Gasteiger partial charge on any atom is 2.00 e. The first-order valence-electron chi connectivity index (χ1n) is 5.83. The van der Waals surface area contributed by atoms with E-state index >= 15 is 0 Å². The van der Waals surface area contributed by atoms with Gasteiger partial charge in [0.25, 0.3) is 0 Å². The van der Waals surface area contributed by atoms with Gasteiger partial charge in [-0.05, 0) is 12.8 Å². The first kappa shape index (κ1) is 37.3. The maximum absolute atomic E-state index is 10.9. The van der Waals surface area contributed by atoms with Crippen LogP contribution in [0.25, 0.3) is 0 Å². The molecule has 120 valence electrons. The molecule has 0 rings (SSSR count). The number of hydrogen-bond acceptors (Lipinski definition) is 7. The Labute approximate surface area is 304 Å². The Kier molecular flexibility index (Phi) is 47.0. The number of unbranched alkanes of at least 4 members (excludes halogenated alkanes) is 2. The molecule has 0 saturated heterocycles. The van der Waals surface area contributed by atoms with Crippen LogP contribution in [0.3, 0.4) is 0 Å². The summed E-state index contributed by atoms with van der Waals surface area (Å²) in [5, 5.41) is 0. The van der Waals surface area contributed by atoms with E-state index in [2.05, 4.69) is 18.9 Å². The van der Waals surface area contributed by atoms with Crippen LogP contribution in [0.5, 0.6) is 0 Å². The van der Waals surface area contributed by atoms with Crippen LogP contribution in [0.2, 0.25) is 0 Å². The number of rotatable bonds is 6. The predicted molar refractivity (Wildman–Crippen MR) is 92.0 cm³/mol. The molecule has 0 bridgehead atoms. The minimum Gasteiger partial charge on any atom is -1.00 e. The summed E-state index contributed by atoms with van der Waals surface area (Å²) in [6.45, 7) is 4.11. The molecule has 0 amide bonds. The van der Waals surface area contributed by atoms with Crippen LogP contribution in [-0.2, 0) is 18.9 Å². The molecule has 0 heterocycles. The number of ether oxygens (including phenoxy) is 4. The van der Waals surface area contributed by atoms with Crippen LogP contribution in [-0.4, -0.2) is 227 Å². The van der Waals surface area contributed by atoms with Gasteiger partial charge in [0, 0.05) is 0 Å². The Morgan fingerprint density at radius 3 is 1.27 bits per heavy atom. The number of carbonyl (C=O) groups excluding carboxylic acids is 3. The second kappa shape index (κ2) is 27.7. The van der Waals surface area contributed by atoms with Crippen LogP contribution in [0.15, 0.2) is 0 Å². The zero-order valence-electron chi connectivity index (χ0n) is 21.4. The van der Waals surface area contributed by atoms with Crippen molar-refractivity contribution in [2.75, 3.05) is 13.2 Å². The van der Waals surface area contributed by atoms with E-state index in [0.29, 0.717) is 12.8 Å². The SMILES string of the molecule is CCCCOC(=O)OC(=O)OC(=O)OCCCC.[Ba+2].[Ba+2].[Ba+2].[Ba+2].[H-].[H-].[H-].[H-].[H-].[H-].[H-].[H-]. The van der Waals surface area contributed by atoms with Crippen LogP contribution in [0.4, 0.5) is 14.4 Å². The fourth-order valence-electron chi connectivity index (χ4n) is 0.816. The molecule has 0 fully saturated rings. The Balaban J connectivity index is -0.0000000219. The Morgan fingerprint density at radius 1 is 0.682 bits per heavy atom. The van der Waals surface area contributed by atoms with E-state index < -0.39 is 18.5 Å². The first-order valence-corrected chi connectivity index (χ1v) is 5.83. The monoisotopic (exact) mass is 822 g/mol. The van der Waals surface area contributed by atoms with Gasteiger partial charge in [0.2, 0.25) is 0 Å². The van der Waals surface area contributed by atoms with Crippen LogP contribution in [0, 0.1) is 0 Å². The Morgan fingerprint density at radius 2 is 1.00 bits per heavy atom. The summed E-state index contributed by atoms with van der Waals surface area (Å²) < 4.78 is 17.1. The molecule has 11 heteroatoms. The molecule has 7 nitrogen and oxygen atoms in total. The number of carbonyl (C=O) groups is 3. The third-order valence-electron chi connectivity index (χ3n) is 1.77. The van der Waals surface area contributed by atoms with Crippen molar-refractivity contribution >= 4 is 214 Å². The van der Waals surface area contributed by atoms with E-state index in [1.165, 1.54) is 0 Å². The topological polar surface area (TPSA) is 88.1 Å². The normalized spacial score (nSPS) is 7.73. The second-order valence-electron chi connectivity index (χ2n) is 3.36. The maximum atomic E-state index is 10.9. The van der Waals surface area contributed by atoms with Gasteiger partial charge in [-0.1, -0.05) is 26.7 Å². The summed E-state index contributed by atoms with van der Waals surface area (Å²) in [7, 11) is 0. The van der Waals surface area contributed by atoms with Crippen LogP contribution < -0.4 is 0 Å².